The van der Waals surface area contributed by atoms with Gasteiger partial charge in [-0.1, -0.05) is 12.1 Å². The third-order valence-corrected chi connectivity index (χ3v) is 4.51. The lowest BCUT2D eigenvalue weighted by molar-refractivity contribution is 0.0805. The lowest BCUT2D eigenvalue weighted by atomic mass is 10.1. The average Bonchev–Trinajstić information content (AvgIpc) is 3.04. The van der Waals surface area contributed by atoms with Crippen molar-refractivity contribution in [1.82, 2.24) is 14.5 Å². The van der Waals surface area contributed by atoms with Gasteiger partial charge in [0.1, 0.15) is 6.10 Å². The molecule has 0 spiro atoms. The molecule has 0 saturated carbocycles. The molecule has 1 saturated heterocycles. The van der Waals surface area contributed by atoms with Crippen LogP contribution in [0.25, 0.3) is 0 Å². The van der Waals surface area contributed by atoms with Gasteiger partial charge in [-0.3, -0.25) is 4.90 Å². The molecule has 1 fully saturated rings. The lowest BCUT2D eigenvalue weighted by Crippen LogP contribution is -2.41. The molecule has 0 aliphatic carbocycles. The summed E-state index contributed by atoms with van der Waals surface area (Å²) in [6.07, 6.45) is 6.33. The highest BCUT2D eigenvalue weighted by Crippen LogP contribution is 2.29. The number of likely N-dealkylation sites (tertiary alicyclic amines) is 1. The van der Waals surface area contributed by atoms with E-state index < -0.39 is 0 Å². The maximum absolute atomic E-state index is 6.22. The molecule has 1 unspecified atom stereocenters. The molecule has 2 aromatic rings. The van der Waals surface area contributed by atoms with Gasteiger partial charge in [-0.05, 0) is 45.4 Å². The van der Waals surface area contributed by atoms with Crippen molar-refractivity contribution in [1.29, 1.82) is 0 Å². The molecule has 1 aliphatic rings. The van der Waals surface area contributed by atoms with Gasteiger partial charge in [0.2, 0.25) is 0 Å². The molecular formula is C19H27N3O2. The van der Waals surface area contributed by atoms with Gasteiger partial charge in [-0.15, -0.1) is 0 Å². The monoisotopic (exact) mass is 329 g/mol. The second-order valence-electron chi connectivity index (χ2n) is 6.65. The Bertz CT molecular complexity index is 654. The van der Waals surface area contributed by atoms with Crippen molar-refractivity contribution in [2.75, 3.05) is 20.2 Å². The number of methoxy groups -OCH3 is 1. The third-order valence-electron chi connectivity index (χ3n) is 4.51. The van der Waals surface area contributed by atoms with Crippen LogP contribution in [0.15, 0.2) is 36.8 Å². The van der Waals surface area contributed by atoms with E-state index >= 15 is 0 Å². The Morgan fingerprint density at radius 1 is 1.25 bits per heavy atom. The minimum atomic E-state index is 0.200. The van der Waals surface area contributed by atoms with Gasteiger partial charge in [-0.25, -0.2) is 4.98 Å². The second kappa shape index (κ2) is 7.71. The standard InChI is InChI=1S/C19H27N3O2/c1-15(2)22-14-20-11-16(22)12-21-10-6-7-17(13-21)24-19-9-5-4-8-18(19)23-3/h4-5,8-9,11,14-15,17H,6-7,10,12-13H2,1-3H3. The van der Waals surface area contributed by atoms with Crippen molar-refractivity contribution >= 4 is 0 Å². The summed E-state index contributed by atoms with van der Waals surface area (Å²) >= 11 is 0. The van der Waals surface area contributed by atoms with Gasteiger partial charge in [0, 0.05) is 25.3 Å². The van der Waals surface area contributed by atoms with Crippen molar-refractivity contribution in [3.63, 3.8) is 0 Å². The zero-order valence-corrected chi connectivity index (χ0v) is 14.8. The van der Waals surface area contributed by atoms with E-state index in [0.29, 0.717) is 6.04 Å². The Morgan fingerprint density at radius 3 is 2.79 bits per heavy atom. The zero-order valence-electron chi connectivity index (χ0n) is 14.8. The fraction of sp³-hybridized carbons (Fsp3) is 0.526. The molecular weight excluding hydrogens is 302 g/mol. The molecule has 1 aromatic heterocycles. The van der Waals surface area contributed by atoms with Crippen LogP contribution in [0.3, 0.4) is 0 Å². The van der Waals surface area contributed by atoms with E-state index in [-0.39, 0.29) is 6.10 Å². The zero-order chi connectivity index (χ0) is 16.9. The number of nitrogens with zero attached hydrogens (tertiary/aromatic N) is 3. The van der Waals surface area contributed by atoms with E-state index in [1.165, 1.54) is 5.69 Å². The topological polar surface area (TPSA) is 39.5 Å². The number of hydrogen-bond acceptors (Lipinski definition) is 4. The van der Waals surface area contributed by atoms with Crippen LogP contribution in [-0.4, -0.2) is 40.8 Å². The van der Waals surface area contributed by atoms with E-state index in [1.54, 1.807) is 7.11 Å². The Kier molecular flexibility index (Phi) is 5.41. The number of aromatic nitrogens is 2. The average molecular weight is 329 g/mol. The maximum Gasteiger partial charge on any atom is 0.161 e. The first kappa shape index (κ1) is 16.8. The Balaban J connectivity index is 1.63. The van der Waals surface area contributed by atoms with E-state index in [0.717, 1.165) is 44.0 Å². The SMILES string of the molecule is COc1ccccc1OC1CCCN(Cc2cncn2C(C)C)C1. The highest BCUT2D eigenvalue weighted by molar-refractivity contribution is 5.39. The molecule has 2 heterocycles. The summed E-state index contributed by atoms with van der Waals surface area (Å²) in [6, 6.07) is 8.31. The van der Waals surface area contributed by atoms with Crippen LogP contribution < -0.4 is 9.47 Å². The van der Waals surface area contributed by atoms with Gasteiger partial charge < -0.3 is 14.0 Å². The van der Waals surface area contributed by atoms with Crippen molar-refractivity contribution in [2.24, 2.45) is 0 Å². The molecule has 0 amide bonds. The summed E-state index contributed by atoms with van der Waals surface area (Å²) in [5.74, 6) is 1.63. The van der Waals surface area contributed by atoms with Gasteiger partial charge in [0.25, 0.3) is 0 Å². The number of rotatable bonds is 6. The molecule has 24 heavy (non-hydrogen) atoms. The van der Waals surface area contributed by atoms with Crippen molar-refractivity contribution in [2.45, 2.75) is 45.4 Å². The minimum Gasteiger partial charge on any atom is -0.493 e. The minimum absolute atomic E-state index is 0.200. The molecule has 1 aromatic carbocycles. The number of imidazole rings is 1. The highest BCUT2D eigenvalue weighted by Gasteiger charge is 2.23. The maximum atomic E-state index is 6.22. The van der Waals surface area contributed by atoms with Crippen molar-refractivity contribution in [3.8, 4) is 11.5 Å². The summed E-state index contributed by atoms with van der Waals surface area (Å²) in [4.78, 5) is 6.76. The number of ether oxygens (including phenoxy) is 2. The molecule has 130 valence electrons. The van der Waals surface area contributed by atoms with Gasteiger partial charge in [0.05, 0.1) is 19.1 Å². The van der Waals surface area contributed by atoms with E-state index in [9.17, 15) is 0 Å². The summed E-state index contributed by atoms with van der Waals surface area (Å²) in [5, 5.41) is 0. The third kappa shape index (κ3) is 3.90. The van der Waals surface area contributed by atoms with Crippen LogP contribution in [0.4, 0.5) is 0 Å². The first-order valence-electron chi connectivity index (χ1n) is 8.70. The Hall–Kier alpha value is -2.01. The molecule has 5 heteroatoms. The number of piperidine rings is 1. The number of para-hydroxylation sites is 2. The quantitative estimate of drug-likeness (QED) is 0.813. The normalized spacial score (nSPS) is 18.8. The van der Waals surface area contributed by atoms with Crippen LogP contribution in [0.1, 0.15) is 38.4 Å². The number of benzene rings is 1. The molecule has 3 rings (SSSR count). The van der Waals surface area contributed by atoms with Gasteiger partial charge in [0.15, 0.2) is 11.5 Å². The van der Waals surface area contributed by atoms with Crippen molar-refractivity contribution < 1.29 is 9.47 Å². The largest absolute Gasteiger partial charge is 0.493 e. The highest BCUT2D eigenvalue weighted by atomic mass is 16.5. The smallest absolute Gasteiger partial charge is 0.161 e. The van der Waals surface area contributed by atoms with E-state index in [1.807, 2.05) is 36.8 Å². The Labute approximate surface area is 144 Å². The molecule has 0 bridgehead atoms. The van der Waals surface area contributed by atoms with Crippen LogP contribution >= 0.6 is 0 Å². The summed E-state index contributed by atoms with van der Waals surface area (Å²) in [6.45, 7) is 7.34. The molecule has 0 radical (unpaired) electrons. The van der Waals surface area contributed by atoms with Gasteiger partial charge in [-0.2, -0.15) is 0 Å². The first-order valence-corrected chi connectivity index (χ1v) is 8.70. The predicted octanol–water partition coefficient (Wildman–Crippen LogP) is 3.52. The second-order valence-corrected chi connectivity index (χ2v) is 6.65. The van der Waals surface area contributed by atoms with E-state index in [4.69, 9.17) is 9.47 Å². The van der Waals surface area contributed by atoms with E-state index in [2.05, 4.69) is 28.3 Å². The Morgan fingerprint density at radius 2 is 2.04 bits per heavy atom. The molecule has 1 atom stereocenters. The molecule has 1 aliphatic heterocycles. The summed E-state index contributed by atoms with van der Waals surface area (Å²) < 4.78 is 13.8. The fourth-order valence-corrected chi connectivity index (χ4v) is 3.30. The van der Waals surface area contributed by atoms with Gasteiger partial charge >= 0.3 is 0 Å². The van der Waals surface area contributed by atoms with Crippen LogP contribution in [0.5, 0.6) is 11.5 Å². The van der Waals surface area contributed by atoms with Crippen LogP contribution in [0, 0.1) is 0 Å². The van der Waals surface area contributed by atoms with Crippen LogP contribution in [-0.2, 0) is 6.54 Å². The number of hydrogen-bond donors (Lipinski definition) is 0. The van der Waals surface area contributed by atoms with Crippen molar-refractivity contribution in [3.05, 3.63) is 42.5 Å². The molecule has 0 N–H and O–H groups in total. The lowest BCUT2D eigenvalue weighted by Gasteiger charge is -2.33. The first-order chi connectivity index (χ1) is 11.7. The van der Waals surface area contributed by atoms with Crippen LogP contribution in [0.2, 0.25) is 0 Å². The summed E-state index contributed by atoms with van der Waals surface area (Å²) in [5.41, 5.74) is 1.27. The predicted molar refractivity (Wildman–Crippen MR) is 94.5 cm³/mol. The fourth-order valence-electron chi connectivity index (χ4n) is 3.30. The summed E-state index contributed by atoms with van der Waals surface area (Å²) in [7, 11) is 1.68. The molecule has 5 nitrogen and oxygen atoms in total.